The van der Waals surface area contributed by atoms with E-state index in [0.717, 1.165) is 24.0 Å². The van der Waals surface area contributed by atoms with Crippen molar-refractivity contribution in [1.82, 2.24) is 9.88 Å². The summed E-state index contributed by atoms with van der Waals surface area (Å²) in [6.45, 7) is 1.35. The van der Waals surface area contributed by atoms with Crippen molar-refractivity contribution < 1.29 is 9.18 Å². The van der Waals surface area contributed by atoms with E-state index in [2.05, 4.69) is 28.2 Å². The van der Waals surface area contributed by atoms with Crippen molar-refractivity contribution in [2.24, 2.45) is 0 Å². The van der Waals surface area contributed by atoms with Crippen LogP contribution in [0.3, 0.4) is 0 Å². The van der Waals surface area contributed by atoms with Gasteiger partial charge in [0.2, 0.25) is 5.91 Å². The number of carbonyl (C=O) groups is 1. The maximum atomic E-state index is 13.5. The molecule has 2 heterocycles. The van der Waals surface area contributed by atoms with Crippen LogP contribution in [0, 0.1) is 5.82 Å². The molecule has 0 bridgehead atoms. The zero-order valence-electron chi connectivity index (χ0n) is 13.3. The van der Waals surface area contributed by atoms with Crippen LogP contribution in [0.5, 0.6) is 0 Å². The number of benzene rings is 2. The molecule has 0 aliphatic carbocycles. The number of nitrogens with one attached hydrogen (secondary N) is 1. The van der Waals surface area contributed by atoms with E-state index >= 15 is 0 Å². The Hall–Kier alpha value is -2.62. The van der Waals surface area contributed by atoms with Crippen LogP contribution in [-0.4, -0.2) is 17.0 Å². The van der Waals surface area contributed by atoms with Gasteiger partial charge in [0.15, 0.2) is 0 Å². The van der Waals surface area contributed by atoms with E-state index in [1.807, 2.05) is 18.2 Å². The molecule has 0 saturated carbocycles. The highest BCUT2D eigenvalue weighted by molar-refractivity contribution is 5.86. The van der Waals surface area contributed by atoms with Crippen LogP contribution >= 0.6 is 0 Å². The topological polar surface area (TPSA) is 34.0 Å². The number of carbonyl (C=O) groups excluding carboxylic acids is 1. The monoisotopic (exact) mass is 322 g/mol. The second-order valence-corrected chi connectivity index (χ2v) is 6.40. The van der Waals surface area contributed by atoms with Crippen LogP contribution in [-0.2, 0) is 11.3 Å². The fraction of sp³-hybridized carbons (Fsp3) is 0.250. The molecule has 122 valence electrons. The van der Waals surface area contributed by atoms with Crippen LogP contribution in [0.2, 0.25) is 0 Å². The quantitative estimate of drug-likeness (QED) is 0.781. The Morgan fingerprint density at radius 3 is 2.88 bits per heavy atom. The van der Waals surface area contributed by atoms with E-state index < -0.39 is 0 Å². The predicted molar refractivity (Wildman–Crippen MR) is 92.4 cm³/mol. The molecule has 3 aromatic rings. The molecule has 1 amide bonds. The molecule has 4 heteroatoms. The maximum absolute atomic E-state index is 13.5. The predicted octanol–water partition coefficient (Wildman–Crippen LogP) is 3.82. The Labute approximate surface area is 140 Å². The number of hydrogen-bond acceptors (Lipinski definition) is 1. The lowest BCUT2D eigenvalue weighted by Crippen LogP contribution is -2.32. The molecule has 0 spiro atoms. The third-order valence-corrected chi connectivity index (χ3v) is 4.75. The number of halogens is 1. The van der Waals surface area contributed by atoms with E-state index in [0.29, 0.717) is 13.0 Å². The molecule has 1 aliphatic heterocycles. The molecular formula is C20H19FN2O. The molecule has 24 heavy (non-hydrogen) atoms. The molecule has 1 unspecified atom stereocenters. The van der Waals surface area contributed by atoms with Gasteiger partial charge in [-0.15, -0.1) is 0 Å². The van der Waals surface area contributed by atoms with Crippen LogP contribution in [0.4, 0.5) is 4.39 Å². The van der Waals surface area contributed by atoms with Crippen LogP contribution < -0.4 is 5.32 Å². The minimum atomic E-state index is -0.215. The zero-order valence-corrected chi connectivity index (χ0v) is 13.3. The Bertz CT molecular complexity index is 900. The van der Waals surface area contributed by atoms with Gasteiger partial charge < -0.3 is 9.88 Å². The molecule has 1 aromatic heterocycles. The van der Waals surface area contributed by atoms with Crippen LogP contribution in [0.15, 0.2) is 54.7 Å². The lowest BCUT2D eigenvalue weighted by atomic mass is 9.90. The van der Waals surface area contributed by atoms with Gasteiger partial charge in [-0.3, -0.25) is 4.79 Å². The van der Waals surface area contributed by atoms with Crippen molar-refractivity contribution in [3.63, 3.8) is 0 Å². The molecule has 1 N–H and O–H groups in total. The lowest BCUT2D eigenvalue weighted by Gasteiger charge is -2.21. The van der Waals surface area contributed by atoms with E-state index in [-0.39, 0.29) is 17.6 Å². The molecule has 0 radical (unpaired) electrons. The van der Waals surface area contributed by atoms with Gasteiger partial charge >= 0.3 is 0 Å². The van der Waals surface area contributed by atoms with Gasteiger partial charge in [0.1, 0.15) is 5.82 Å². The van der Waals surface area contributed by atoms with E-state index in [1.54, 1.807) is 12.1 Å². The van der Waals surface area contributed by atoms with Crippen LogP contribution in [0.25, 0.3) is 10.9 Å². The van der Waals surface area contributed by atoms with Gasteiger partial charge in [-0.25, -0.2) is 4.39 Å². The summed E-state index contributed by atoms with van der Waals surface area (Å²) >= 11 is 0. The van der Waals surface area contributed by atoms with Crippen LogP contribution in [0.1, 0.15) is 29.9 Å². The number of amides is 1. The number of hydrogen-bond donors (Lipinski definition) is 1. The second kappa shape index (κ2) is 6.11. The SMILES string of the molecule is O=C1CC(c2cn(Cc3cccc(F)c3)c3ccccc23)CCN1. The fourth-order valence-corrected chi connectivity index (χ4v) is 3.61. The first-order valence-electron chi connectivity index (χ1n) is 8.29. The Kier molecular flexibility index (Phi) is 3.81. The smallest absolute Gasteiger partial charge is 0.220 e. The van der Waals surface area contributed by atoms with Crippen molar-refractivity contribution in [1.29, 1.82) is 0 Å². The fourth-order valence-electron chi connectivity index (χ4n) is 3.61. The molecule has 1 aliphatic rings. The highest BCUT2D eigenvalue weighted by Gasteiger charge is 2.24. The van der Waals surface area contributed by atoms with Gasteiger partial charge in [0.25, 0.3) is 0 Å². The third-order valence-electron chi connectivity index (χ3n) is 4.75. The number of aromatic nitrogens is 1. The molecule has 1 atom stereocenters. The minimum Gasteiger partial charge on any atom is -0.356 e. The summed E-state index contributed by atoms with van der Waals surface area (Å²) in [4.78, 5) is 11.8. The van der Waals surface area contributed by atoms with E-state index in [4.69, 9.17) is 0 Å². The molecule has 2 aromatic carbocycles. The number of rotatable bonds is 3. The first-order valence-corrected chi connectivity index (χ1v) is 8.29. The molecule has 3 nitrogen and oxygen atoms in total. The number of piperidine rings is 1. The Morgan fingerprint density at radius 1 is 1.17 bits per heavy atom. The van der Waals surface area contributed by atoms with Crippen molar-refractivity contribution in [3.05, 3.63) is 71.7 Å². The molecule has 1 fully saturated rings. The number of fused-ring (bicyclic) bond motifs is 1. The van der Waals surface area contributed by atoms with Gasteiger partial charge in [-0.1, -0.05) is 30.3 Å². The number of para-hydroxylation sites is 1. The second-order valence-electron chi connectivity index (χ2n) is 6.40. The summed E-state index contributed by atoms with van der Waals surface area (Å²) in [5.41, 5.74) is 3.28. The van der Waals surface area contributed by atoms with Crippen molar-refractivity contribution >= 4 is 16.8 Å². The van der Waals surface area contributed by atoms with Crippen molar-refractivity contribution in [3.8, 4) is 0 Å². The first-order chi connectivity index (χ1) is 11.7. The molecule has 4 rings (SSSR count). The highest BCUT2D eigenvalue weighted by Crippen LogP contribution is 2.33. The van der Waals surface area contributed by atoms with Gasteiger partial charge in [-0.2, -0.15) is 0 Å². The summed E-state index contributed by atoms with van der Waals surface area (Å²) in [6, 6.07) is 14.9. The van der Waals surface area contributed by atoms with E-state index in [1.165, 1.54) is 17.0 Å². The first kappa shape index (κ1) is 14.9. The Morgan fingerprint density at radius 2 is 2.04 bits per heavy atom. The van der Waals surface area contributed by atoms with Crippen molar-refractivity contribution in [2.75, 3.05) is 6.54 Å². The summed E-state index contributed by atoms with van der Waals surface area (Å²) in [6.07, 6.45) is 3.63. The van der Waals surface area contributed by atoms with Gasteiger partial charge in [-0.05, 0) is 41.7 Å². The summed E-state index contributed by atoms with van der Waals surface area (Å²) in [5, 5.41) is 4.08. The Balaban J connectivity index is 1.75. The summed E-state index contributed by atoms with van der Waals surface area (Å²) in [5.74, 6) is 0.152. The molecular weight excluding hydrogens is 303 g/mol. The average Bonchev–Trinajstić information content (AvgIpc) is 2.94. The third kappa shape index (κ3) is 2.80. The average molecular weight is 322 g/mol. The number of nitrogens with zero attached hydrogens (tertiary/aromatic N) is 1. The van der Waals surface area contributed by atoms with Gasteiger partial charge in [0.05, 0.1) is 0 Å². The summed E-state index contributed by atoms with van der Waals surface area (Å²) in [7, 11) is 0. The van der Waals surface area contributed by atoms with Gasteiger partial charge in [0, 0.05) is 36.6 Å². The normalized spacial score (nSPS) is 17.9. The minimum absolute atomic E-state index is 0.119. The van der Waals surface area contributed by atoms with E-state index in [9.17, 15) is 9.18 Å². The maximum Gasteiger partial charge on any atom is 0.220 e. The zero-order chi connectivity index (χ0) is 16.5. The standard InChI is InChI=1S/C20H19FN2O/c21-16-5-3-4-14(10-16)12-23-13-18(15-8-9-22-20(24)11-15)17-6-1-2-7-19(17)23/h1-7,10,13,15H,8-9,11-12H2,(H,22,24). The molecule has 1 saturated heterocycles. The lowest BCUT2D eigenvalue weighted by molar-refractivity contribution is -0.122. The largest absolute Gasteiger partial charge is 0.356 e. The van der Waals surface area contributed by atoms with Crippen molar-refractivity contribution in [2.45, 2.75) is 25.3 Å². The highest BCUT2D eigenvalue weighted by atomic mass is 19.1. The summed E-state index contributed by atoms with van der Waals surface area (Å²) < 4.78 is 15.6.